The number of hydrogen-bond acceptors (Lipinski definition) is 5. The number of aromatic nitrogens is 5. The van der Waals surface area contributed by atoms with Gasteiger partial charge in [-0.15, -0.1) is 0 Å². The van der Waals surface area contributed by atoms with Crippen LogP contribution in [-0.2, 0) is 19.8 Å². The summed E-state index contributed by atoms with van der Waals surface area (Å²) in [6.45, 7) is 0.198. The maximum atomic E-state index is 13.3. The van der Waals surface area contributed by atoms with Crippen LogP contribution in [0.2, 0.25) is 0 Å². The molecule has 0 aliphatic rings. The lowest BCUT2D eigenvalue weighted by Crippen LogP contribution is -2.24. The van der Waals surface area contributed by atoms with Crippen LogP contribution in [0.25, 0.3) is 27.5 Å². The first-order valence-corrected chi connectivity index (χ1v) is 10.5. The van der Waals surface area contributed by atoms with Crippen molar-refractivity contribution in [2.24, 2.45) is 7.05 Å². The van der Waals surface area contributed by atoms with E-state index in [1.165, 1.54) is 27.7 Å². The summed E-state index contributed by atoms with van der Waals surface area (Å²) < 4.78 is 41.9. The summed E-state index contributed by atoms with van der Waals surface area (Å²) in [6, 6.07) is 10.8. The quantitative estimate of drug-likeness (QED) is 0.426. The number of benzene rings is 2. The van der Waals surface area contributed by atoms with Crippen LogP contribution in [0.3, 0.4) is 0 Å². The van der Waals surface area contributed by atoms with E-state index in [2.05, 4.69) is 20.4 Å². The Kier molecular flexibility index (Phi) is 5.31. The summed E-state index contributed by atoms with van der Waals surface area (Å²) in [5, 5.41) is 7.95. The van der Waals surface area contributed by atoms with Gasteiger partial charge in [-0.05, 0) is 48.5 Å². The molecule has 176 valence electrons. The second-order valence-electron chi connectivity index (χ2n) is 7.87. The highest BCUT2D eigenvalue weighted by Crippen LogP contribution is 2.30. The number of rotatable bonds is 4. The highest BCUT2D eigenvalue weighted by Gasteiger charge is 2.30. The van der Waals surface area contributed by atoms with E-state index < -0.39 is 17.3 Å². The van der Waals surface area contributed by atoms with Crippen LogP contribution >= 0.6 is 0 Å². The second kappa shape index (κ2) is 8.35. The Morgan fingerprint density at radius 1 is 1.06 bits per heavy atom. The van der Waals surface area contributed by atoms with Gasteiger partial charge >= 0.3 is 6.18 Å². The van der Waals surface area contributed by atoms with E-state index in [9.17, 15) is 22.8 Å². The average molecular weight is 478 g/mol. The smallest absolute Gasteiger partial charge is 0.346 e. The van der Waals surface area contributed by atoms with Crippen molar-refractivity contribution in [1.29, 1.82) is 0 Å². The van der Waals surface area contributed by atoms with E-state index >= 15 is 0 Å². The molecule has 1 amide bonds. The first-order valence-electron chi connectivity index (χ1n) is 10.5. The molecule has 0 saturated heterocycles. The van der Waals surface area contributed by atoms with Crippen molar-refractivity contribution in [2.75, 3.05) is 0 Å². The lowest BCUT2D eigenvalue weighted by atomic mass is 10.1. The zero-order valence-electron chi connectivity index (χ0n) is 18.2. The van der Waals surface area contributed by atoms with E-state index in [1.54, 1.807) is 43.7 Å². The number of hydrogen-bond donors (Lipinski definition) is 1. The van der Waals surface area contributed by atoms with Crippen LogP contribution in [0.5, 0.6) is 0 Å². The van der Waals surface area contributed by atoms with Crippen LogP contribution in [0.15, 0.2) is 72.0 Å². The second-order valence-corrected chi connectivity index (χ2v) is 7.87. The fourth-order valence-electron chi connectivity index (χ4n) is 3.89. The fraction of sp³-hybridized carbons (Fsp3) is 0.125. The summed E-state index contributed by atoms with van der Waals surface area (Å²) in [5.74, 6) is -0.359. The van der Waals surface area contributed by atoms with Crippen LogP contribution in [-0.4, -0.2) is 30.2 Å². The Hall–Kier alpha value is -4.54. The zero-order chi connectivity index (χ0) is 24.7. The van der Waals surface area contributed by atoms with Crippen molar-refractivity contribution >= 4 is 27.7 Å². The van der Waals surface area contributed by atoms with Gasteiger partial charge in [0, 0.05) is 36.1 Å². The van der Waals surface area contributed by atoms with Gasteiger partial charge in [-0.3, -0.25) is 18.8 Å². The molecule has 0 unspecified atom stereocenters. The molecule has 0 saturated carbocycles. The number of carbonyl (C=O) groups is 1. The average Bonchev–Trinajstić information content (AvgIpc) is 3.25. The van der Waals surface area contributed by atoms with E-state index in [0.29, 0.717) is 27.7 Å². The van der Waals surface area contributed by atoms with Gasteiger partial charge in [0.05, 0.1) is 28.7 Å². The number of halogens is 3. The van der Waals surface area contributed by atoms with E-state index in [-0.39, 0.29) is 23.5 Å². The van der Waals surface area contributed by atoms with E-state index in [0.717, 1.165) is 12.1 Å². The van der Waals surface area contributed by atoms with Crippen molar-refractivity contribution in [3.05, 3.63) is 94.4 Å². The molecule has 8 nitrogen and oxygen atoms in total. The van der Waals surface area contributed by atoms with Crippen molar-refractivity contribution < 1.29 is 18.0 Å². The Morgan fingerprint density at radius 2 is 1.83 bits per heavy atom. The standard InChI is InChI=1S/C24H17F3N6O2/c1-32-12-19-21(31-32)18-10-14(22(34)29-11-16-8-9-28-13-30-16)2-7-20(18)33(23(19)35)17-5-3-15(4-6-17)24(25,26)27/h2-10,12-13H,11H2,1H3,(H,29,34). The molecule has 0 atom stereocenters. The molecular weight excluding hydrogens is 461 g/mol. The third-order valence-corrected chi connectivity index (χ3v) is 5.54. The minimum absolute atomic E-state index is 0.198. The third kappa shape index (κ3) is 4.12. The number of amides is 1. The molecule has 5 aromatic rings. The molecule has 1 N–H and O–H groups in total. The van der Waals surface area contributed by atoms with Crippen LogP contribution < -0.4 is 10.9 Å². The summed E-state index contributed by atoms with van der Waals surface area (Å²) in [7, 11) is 1.66. The lowest BCUT2D eigenvalue weighted by molar-refractivity contribution is -0.137. The Morgan fingerprint density at radius 3 is 2.51 bits per heavy atom. The normalized spacial score (nSPS) is 11.8. The largest absolute Gasteiger partial charge is 0.416 e. The molecule has 0 spiro atoms. The summed E-state index contributed by atoms with van der Waals surface area (Å²) in [5.41, 5.74) is 0.785. The summed E-state index contributed by atoms with van der Waals surface area (Å²) >= 11 is 0. The molecule has 35 heavy (non-hydrogen) atoms. The Labute approximate surface area is 195 Å². The number of nitrogens with zero attached hydrogens (tertiary/aromatic N) is 5. The van der Waals surface area contributed by atoms with Crippen molar-refractivity contribution in [2.45, 2.75) is 12.7 Å². The molecule has 0 fully saturated rings. The van der Waals surface area contributed by atoms with Crippen molar-refractivity contribution in [3.8, 4) is 5.69 Å². The molecule has 0 aliphatic heterocycles. The monoisotopic (exact) mass is 478 g/mol. The highest BCUT2D eigenvalue weighted by atomic mass is 19.4. The van der Waals surface area contributed by atoms with E-state index in [4.69, 9.17) is 0 Å². The first kappa shape index (κ1) is 22.3. The Balaban J connectivity index is 1.62. The molecule has 0 radical (unpaired) electrons. The topological polar surface area (TPSA) is 94.7 Å². The van der Waals surface area contributed by atoms with Crippen molar-refractivity contribution in [3.63, 3.8) is 0 Å². The zero-order valence-corrected chi connectivity index (χ0v) is 18.2. The van der Waals surface area contributed by atoms with Gasteiger partial charge in [0.25, 0.3) is 11.5 Å². The van der Waals surface area contributed by atoms with Gasteiger partial charge < -0.3 is 5.32 Å². The molecule has 3 heterocycles. The molecule has 0 aliphatic carbocycles. The van der Waals surface area contributed by atoms with Gasteiger partial charge in [0.2, 0.25) is 0 Å². The highest BCUT2D eigenvalue weighted by molar-refractivity contribution is 6.07. The molecule has 11 heteroatoms. The number of carbonyl (C=O) groups excluding carboxylic acids is 1. The van der Waals surface area contributed by atoms with E-state index in [1.807, 2.05) is 0 Å². The minimum atomic E-state index is -4.49. The third-order valence-electron chi connectivity index (χ3n) is 5.54. The van der Waals surface area contributed by atoms with Crippen molar-refractivity contribution in [1.82, 2.24) is 29.6 Å². The van der Waals surface area contributed by atoms with Gasteiger partial charge in [-0.2, -0.15) is 18.3 Å². The SMILES string of the molecule is Cn1cc2c(=O)n(-c3ccc(C(F)(F)F)cc3)c3ccc(C(=O)NCc4ccncn4)cc3c2n1. The molecule has 3 aromatic heterocycles. The van der Waals surface area contributed by atoms with Gasteiger partial charge in [0.1, 0.15) is 11.8 Å². The fourth-order valence-corrected chi connectivity index (χ4v) is 3.89. The van der Waals surface area contributed by atoms with Gasteiger partial charge in [0.15, 0.2) is 0 Å². The summed E-state index contributed by atoms with van der Waals surface area (Å²) in [6.07, 6.45) is 0.00507. The minimum Gasteiger partial charge on any atom is -0.346 e. The lowest BCUT2D eigenvalue weighted by Gasteiger charge is -2.14. The van der Waals surface area contributed by atoms with Crippen LogP contribution in [0, 0.1) is 0 Å². The first-order chi connectivity index (χ1) is 16.7. The number of pyridine rings is 1. The molecule has 2 aromatic carbocycles. The molecular formula is C24H17F3N6O2. The van der Waals surface area contributed by atoms with Crippen LogP contribution in [0.1, 0.15) is 21.6 Å². The Bertz CT molecular complexity index is 1620. The predicted molar refractivity (Wildman–Crippen MR) is 122 cm³/mol. The summed E-state index contributed by atoms with van der Waals surface area (Å²) in [4.78, 5) is 34.0. The molecule has 0 bridgehead atoms. The predicted octanol–water partition coefficient (Wildman–Crippen LogP) is 3.62. The molecule has 5 rings (SSSR count). The van der Waals surface area contributed by atoms with Gasteiger partial charge in [-0.1, -0.05) is 0 Å². The number of alkyl halides is 3. The number of aryl methyl sites for hydroxylation is 1. The number of fused-ring (bicyclic) bond motifs is 3. The maximum Gasteiger partial charge on any atom is 0.416 e. The van der Waals surface area contributed by atoms with Crippen LogP contribution in [0.4, 0.5) is 13.2 Å². The number of nitrogens with one attached hydrogen (secondary N) is 1. The van der Waals surface area contributed by atoms with Gasteiger partial charge in [-0.25, -0.2) is 9.97 Å². The maximum absolute atomic E-state index is 13.3.